The maximum Gasteiger partial charge on any atom is 0.188 e. The van der Waals surface area contributed by atoms with Crippen LogP contribution in [0.25, 0.3) is 0 Å². The fourth-order valence-corrected chi connectivity index (χ4v) is 3.00. The average Bonchev–Trinajstić information content (AvgIpc) is 2.94. The van der Waals surface area contributed by atoms with Gasteiger partial charge in [0, 0.05) is 25.7 Å². The maximum absolute atomic E-state index is 8.62. The van der Waals surface area contributed by atoms with Gasteiger partial charge in [-0.3, -0.25) is 9.88 Å². The number of amidine groups is 1. The first-order chi connectivity index (χ1) is 9.28. The van der Waals surface area contributed by atoms with Crippen molar-refractivity contribution in [3.05, 3.63) is 24.0 Å². The molecule has 6 heteroatoms. The van der Waals surface area contributed by atoms with Crippen LogP contribution in [0.2, 0.25) is 0 Å². The number of fused-ring (bicyclic) bond motifs is 1. The first-order valence-corrected chi connectivity index (χ1v) is 6.71. The Morgan fingerprint density at radius 1 is 1.37 bits per heavy atom. The molecule has 2 aliphatic heterocycles. The van der Waals surface area contributed by atoms with Crippen molar-refractivity contribution in [2.75, 3.05) is 31.1 Å². The Kier molecular flexibility index (Phi) is 3.25. The molecule has 3 rings (SSSR count). The summed E-state index contributed by atoms with van der Waals surface area (Å²) < 4.78 is 0. The highest BCUT2D eigenvalue weighted by Crippen LogP contribution is 2.24. The highest BCUT2D eigenvalue weighted by Gasteiger charge is 2.30. The number of hydrogen-bond acceptors (Lipinski definition) is 5. The normalized spacial score (nSPS) is 24.5. The van der Waals surface area contributed by atoms with E-state index in [1.165, 1.54) is 19.4 Å². The lowest BCUT2D eigenvalue weighted by Crippen LogP contribution is -2.50. The van der Waals surface area contributed by atoms with Crippen molar-refractivity contribution < 1.29 is 5.21 Å². The standard InChI is InChI=1S/C13H19N5O/c14-13(16-19)12-4-3-10(8-15-12)18-7-6-17-5-1-2-11(17)9-18/h3-4,8,11,19H,1-2,5-7,9H2,(H2,14,16). The van der Waals surface area contributed by atoms with Gasteiger partial charge >= 0.3 is 0 Å². The van der Waals surface area contributed by atoms with Crippen molar-refractivity contribution in [2.45, 2.75) is 18.9 Å². The topological polar surface area (TPSA) is 78.0 Å². The van der Waals surface area contributed by atoms with Gasteiger partial charge in [0.2, 0.25) is 0 Å². The summed E-state index contributed by atoms with van der Waals surface area (Å²) in [6.45, 7) is 4.50. The van der Waals surface area contributed by atoms with E-state index in [4.69, 9.17) is 10.9 Å². The van der Waals surface area contributed by atoms with Gasteiger partial charge in [-0.05, 0) is 31.5 Å². The van der Waals surface area contributed by atoms with Crippen LogP contribution in [0.1, 0.15) is 18.5 Å². The Morgan fingerprint density at radius 3 is 3.00 bits per heavy atom. The zero-order valence-electron chi connectivity index (χ0n) is 10.9. The summed E-state index contributed by atoms with van der Waals surface area (Å²) in [6, 6.07) is 4.48. The molecule has 0 aliphatic carbocycles. The van der Waals surface area contributed by atoms with Crippen LogP contribution in [0.4, 0.5) is 5.69 Å². The summed E-state index contributed by atoms with van der Waals surface area (Å²) in [5, 5.41) is 11.6. The highest BCUT2D eigenvalue weighted by molar-refractivity contribution is 5.95. The summed E-state index contributed by atoms with van der Waals surface area (Å²) in [5.41, 5.74) is 7.13. The van der Waals surface area contributed by atoms with E-state index in [1.807, 2.05) is 6.07 Å². The van der Waals surface area contributed by atoms with Crippen LogP contribution in [0.5, 0.6) is 0 Å². The fraction of sp³-hybridized carbons (Fsp3) is 0.538. The number of rotatable bonds is 2. The van der Waals surface area contributed by atoms with Crippen LogP contribution < -0.4 is 10.6 Å². The van der Waals surface area contributed by atoms with E-state index >= 15 is 0 Å². The van der Waals surface area contributed by atoms with Gasteiger partial charge in [0.15, 0.2) is 5.84 Å². The van der Waals surface area contributed by atoms with E-state index in [9.17, 15) is 0 Å². The third-order valence-electron chi connectivity index (χ3n) is 4.07. The third kappa shape index (κ3) is 2.35. The molecule has 0 bridgehead atoms. The van der Waals surface area contributed by atoms with Gasteiger partial charge in [-0.2, -0.15) is 0 Å². The number of pyridine rings is 1. The van der Waals surface area contributed by atoms with Crippen LogP contribution >= 0.6 is 0 Å². The molecule has 0 amide bonds. The van der Waals surface area contributed by atoms with Gasteiger partial charge < -0.3 is 15.8 Å². The second-order valence-corrected chi connectivity index (χ2v) is 5.16. The zero-order valence-corrected chi connectivity index (χ0v) is 10.9. The largest absolute Gasteiger partial charge is 0.409 e. The third-order valence-corrected chi connectivity index (χ3v) is 4.07. The zero-order chi connectivity index (χ0) is 13.2. The second-order valence-electron chi connectivity index (χ2n) is 5.16. The van der Waals surface area contributed by atoms with E-state index in [0.29, 0.717) is 11.7 Å². The minimum absolute atomic E-state index is 0.0483. The molecule has 2 saturated heterocycles. The van der Waals surface area contributed by atoms with Crippen molar-refractivity contribution in [3.63, 3.8) is 0 Å². The van der Waals surface area contributed by atoms with Gasteiger partial charge in [0.25, 0.3) is 0 Å². The summed E-state index contributed by atoms with van der Waals surface area (Å²) >= 11 is 0. The van der Waals surface area contributed by atoms with Crippen LogP contribution in [0.3, 0.4) is 0 Å². The van der Waals surface area contributed by atoms with E-state index in [2.05, 4.69) is 19.9 Å². The minimum Gasteiger partial charge on any atom is -0.409 e. The van der Waals surface area contributed by atoms with E-state index in [-0.39, 0.29) is 5.84 Å². The Bertz CT molecular complexity index is 472. The molecule has 19 heavy (non-hydrogen) atoms. The number of anilines is 1. The lowest BCUT2D eigenvalue weighted by Gasteiger charge is -2.38. The first kappa shape index (κ1) is 12.2. The Morgan fingerprint density at radius 2 is 2.26 bits per heavy atom. The lowest BCUT2D eigenvalue weighted by atomic mass is 10.1. The number of nitrogens with zero attached hydrogens (tertiary/aromatic N) is 4. The van der Waals surface area contributed by atoms with Crippen molar-refractivity contribution in [2.24, 2.45) is 10.9 Å². The van der Waals surface area contributed by atoms with E-state index in [1.54, 1.807) is 12.3 Å². The molecule has 102 valence electrons. The highest BCUT2D eigenvalue weighted by atomic mass is 16.4. The minimum atomic E-state index is 0.0483. The molecule has 1 unspecified atom stereocenters. The van der Waals surface area contributed by atoms with Crippen LogP contribution in [-0.4, -0.2) is 53.1 Å². The van der Waals surface area contributed by atoms with Crippen LogP contribution in [-0.2, 0) is 0 Å². The van der Waals surface area contributed by atoms with Crippen LogP contribution in [0.15, 0.2) is 23.5 Å². The monoisotopic (exact) mass is 261 g/mol. The van der Waals surface area contributed by atoms with Gasteiger partial charge in [-0.1, -0.05) is 5.16 Å². The van der Waals surface area contributed by atoms with Gasteiger partial charge in [-0.25, -0.2) is 0 Å². The molecule has 0 spiro atoms. The Hall–Kier alpha value is -1.82. The summed E-state index contributed by atoms with van der Waals surface area (Å²) in [6.07, 6.45) is 4.42. The van der Waals surface area contributed by atoms with Crippen molar-refractivity contribution in [1.29, 1.82) is 0 Å². The van der Waals surface area contributed by atoms with E-state index in [0.717, 1.165) is 25.3 Å². The SMILES string of the molecule is N/C(=N/O)c1ccc(N2CCN3CCCC3C2)cn1. The second kappa shape index (κ2) is 5.05. The summed E-state index contributed by atoms with van der Waals surface area (Å²) in [4.78, 5) is 9.19. The molecule has 2 fully saturated rings. The fourth-order valence-electron chi connectivity index (χ4n) is 3.00. The molecule has 3 heterocycles. The average molecular weight is 261 g/mol. The molecule has 1 aromatic heterocycles. The molecule has 6 nitrogen and oxygen atoms in total. The number of aromatic nitrogens is 1. The van der Waals surface area contributed by atoms with Gasteiger partial charge in [0.1, 0.15) is 5.69 Å². The number of nitrogens with two attached hydrogens (primary N) is 1. The number of oxime groups is 1. The number of hydrogen-bond donors (Lipinski definition) is 2. The van der Waals surface area contributed by atoms with E-state index < -0.39 is 0 Å². The molecule has 3 N–H and O–H groups in total. The predicted octanol–water partition coefficient (Wildman–Crippen LogP) is 0.460. The van der Waals surface area contributed by atoms with Crippen molar-refractivity contribution >= 4 is 11.5 Å². The van der Waals surface area contributed by atoms with Crippen molar-refractivity contribution in [3.8, 4) is 0 Å². The Labute approximate surface area is 112 Å². The summed E-state index contributed by atoms with van der Waals surface area (Å²) in [7, 11) is 0. The molecule has 1 atom stereocenters. The van der Waals surface area contributed by atoms with Crippen LogP contribution in [0, 0.1) is 0 Å². The molecular weight excluding hydrogens is 242 g/mol. The summed E-state index contributed by atoms with van der Waals surface area (Å²) in [5.74, 6) is 0.0483. The van der Waals surface area contributed by atoms with Gasteiger partial charge in [-0.15, -0.1) is 0 Å². The smallest absolute Gasteiger partial charge is 0.188 e. The molecule has 1 aromatic rings. The molecular formula is C13H19N5O. The lowest BCUT2D eigenvalue weighted by molar-refractivity contribution is 0.231. The predicted molar refractivity (Wildman–Crippen MR) is 73.6 cm³/mol. The van der Waals surface area contributed by atoms with Gasteiger partial charge in [0.05, 0.1) is 11.9 Å². The first-order valence-electron chi connectivity index (χ1n) is 6.71. The quantitative estimate of drug-likeness (QED) is 0.350. The Balaban J connectivity index is 1.72. The van der Waals surface area contributed by atoms with Crippen molar-refractivity contribution in [1.82, 2.24) is 9.88 Å². The molecule has 0 aromatic carbocycles. The molecule has 0 saturated carbocycles. The molecule has 0 radical (unpaired) electrons. The maximum atomic E-state index is 8.62. The molecule has 2 aliphatic rings. The number of piperazine rings is 1.